The summed E-state index contributed by atoms with van der Waals surface area (Å²) in [7, 11) is 0. The number of aryl methyl sites for hydroxylation is 2. The fraction of sp³-hybridized carbons (Fsp3) is 0.0250. The molecule has 0 amide bonds. The Morgan fingerprint density at radius 2 is 1.03 bits per heavy atom. The first-order valence-corrected chi connectivity index (χ1v) is 29.1. The largest absolute Gasteiger partial charge is 0.508 e. The van der Waals surface area contributed by atoms with Crippen molar-refractivity contribution >= 4 is 94.8 Å². The summed E-state index contributed by atoms with van der Waals surface area (Å²) in [6.07, 6.45) is 5.37. The molecular formula is C80H53BN6OPt-2. The van der Waals surface area contributed by atoms with E-state index >= 15 is 0 Å². The molecule has 4 aromatic heterocycles. The van der Waals surface area contributed by atoms with Gasteiger partial charge in [-0.15, -0.1) is 24.3 Å². The van der Waals surface area contributed by atoms with Crippen LogP contribution in [0.2, 0.25) is 0 Å². The van der Waals surface area contributed by atoms with Crippen molar-refractivity contribution in [2.45, 2.75) is 13.8 Å². The minimum absolute atomic E-state index is 0. The Morgan fingerprint density at radius 3 is 1.67 bits per heavy atom. The molecule has 0 fully saturated rings. The second-order valence-electron chi connectivity index (χ2n) is 22.0. The van der Waals surface area contributed by atoms with Gasteiger partial charge in [-0.05, 0) is 100 Å². The van der Waals surface area contributed by atoms with Crippen LogP contribution in [0.15, 0.2) is 285 Å². The van der Waals surface area contributed by atoms with E-state index < -0.39 is 60.4 Å². The van der Waals surface area contributed by atoms with Crippen molar-refractivity contribution in [3.63, 3.8) is 0 Å². The predicted octanol–water partition coefficient (Wildman–Crippen LogP) is 16.9. The van der Waals surface area contributed by atoms with Gasteiger partial charge >= 0.3 is 0 Å². The number of fused-ring (bicyclic) bond motifs is 9. The number of para-hydroxylation sites is 8. The SMILES string of the molecule is [2H]c1c([2H])c([2H])c(-c2cccc(-c3c([2H])c([2H])c([2H])c([2H])c3[2H])c2-[n+]2[c-]n(-c3[c-]c(Oc4[c-]c5c(cc4-n4c6ccccc6c6ccccc64)c4ccccc4n5-c4cc(N5c6ccccc6B(c6c(C)cccc6C)c6ccccc65)ccn4)ccc3)c3ccccc32)c([2H])c1[2H].[Pt]. The van der Waals surface area contributed by atoms with Gasteiger partial charge in [-0.25, -0.2) is 4.98 Å². The number of anilines is 3. The number of hydrogen-bond donors (Lipinski definition) is 0. The molecule has 1 aliphatic heterocycles. The number of aromatic nitrogens is 5. The summed E-state index contributed by atoms with van der Waals surface area (Å²) in [4.78, 5) is 7.54. The van der Waals surface area contributed by atoms with Gasteiger partial charge in [0, 0.05) is 83.5 Å². The number of rotatable bonds is 10. The predicted molar refractivity (Wildman–Crippen MR) is 360 cm³/mol. The molecule has 5 heterocycles. The Bertz CT molecular complexity index is 5820. The maximum Gasteiger partial charge on any atom is 0.268 e. The third-order valence-electron chi connectivity index (χ3n) is 17.1. The van der Waals surface area contributed by atoms with Crippen LogP contribution in [0.5, 0.6) is 11.5 Å². The maximum atomic E-state index is 9.22. The molecule has 0 aliphatic carbocycles. The first-order valence-electron chi connectivity index (χ1n) is 34.1. The standard InChI is InChI=1S/C80H53BN6O.Pt/c1-53-24-21-25-54(2)79(53)81-66-37-12-17-42-71(66)85(72-43-18-13-38-67(72)81)58-46-47-82-78(49-58)87-70-41-16-11-34-64(70)65-50-76(86-68-39-14-9-32-62(68)63-33-10-15-40-69(63)86)77(51-75(65)87)88-59-31-22-30-57(48-59)83-52-84(74-45-20-19-44-73(74)83)80-60(55-26-5-3-6-27-55)35-23-36-61(80)56-28-7-4-8-29-56;/h3-47,49-50H,1-2H3;/q-2;/i3D,4D,5D,6D,7D,8D,26D,27D,28D,29D;. The zero-order valence-electron chi connectivity index (χ0n) is 57.8. The molecule has 0 N–H and O–H groups in total. The summed E-state index contributed by atoms with van der Waals surface area (Å²) >= 11 is 0. The molecule has 0 atom stereocenters. The first-order chi connectivity index (χ1) is 47.7. The fourth-order valence-electron chi connectivity index (χ4n) is 13.4. The molecule has 1 aliphatic rings. The number of pyridine rings is 1. The average molecular weight is 1330 g/mol. The minimum Gasteiger partial charge on any atom is -0.508 e. The fourth-order valence-corrected chi connectivity index (χ4v) is 13.4. The van der Waals surface area contributed by atoms with Crippen LogP contribution in [0.25, 0.3) is 99.8 Å². The van der Waals surface area contributed by atoms with Gasteiger partial charge in [0.05, 0.1) is 36.1 Å². The topological polar surface area (TPSA) is 44.0 Å². The molecule has 16 aromatic rings. The molecule has 0 bridgehead atoms. The molecule has 0 unspecified atom stereocenters. The van der Waals surface area contributed by atoms with E-state index in [1.807, 2.05) is 85.1 Å². The Morgan fingerprint density at radius 1 is 0.494 bits per heavy atom. The van der Waals surface area contributed by atoms with Gasteiger partial charge in [0.25, 0.3) is 6.33 Å². The van der Waals surface area contributed by atoms with Gasteiger partial charge in [-0.1, -0.05) is 240 Å². The van der Waals surface area contributed by atoms with Gasteiger partial charge in [0.2, 0.25) is 6.71 Å². The summed E-state index contributed by atoms with van der Waals surface area (Å²) in [5.41, 5.74) is 15.1. The van der Waals surface area contributed by atoms with Crippen LogP contribution in [0.3, 0.4) is 0 Å². The number of imidazole rings is 1. The van der Waals surface area contributed by atoms with Crippen LogP contribution < -0.4 is 30.6 Å². The van der Waals surface area contributed by atoms with Crippen molar-refractivity contribution in [3.05, 3.63) is 315 Å². The third-order valence-corrected chi connectivity index (χ3v) is 17.1. The van der Waals surface area contributed by atoms with E-state index in [2.05, 4.69) is 168 Å². The van der Waals surface area contributed by atoms with Crippen LogP contribution in [-0.2, 0) is 21.1 Å². The van der Waals surface area contributed by atoms with Gasteiger partial charge in [-0.3, -0.25) is 4.57 Å². The van der Waals surface area contributed by atoms with Crippen molar-refractivity contribution in [2.24, 2.45) is 0 Å². The molecule has 424 valence electrons. The Kier molecular flexibility index (Phi) is 10.8. The summed E-state index contributed by atoms with van der Waals surface area (Å²) in [5.74, 6) is 1.34. The molecule has 17 rings (SSSR count). The van der Waals surface area contributed by atoms with E-state index in [4.69, 9.17) is 17.9 Å². The maximum absolute atomic E-state index is 9.22. The Balaban J connectivity index is 0.00000764. The monoisotopic (exact) mass is 1330 g/mol. The average Bonchev–Trinajstić information content (AvgIpc) is 1.72. The third kappa shape index (κ3) is 8.77. The molecule has 0 saturated heterocycles. The smallest absolute Gasteiger partial charge is 0.268 e. The number of nitrogens with zero attached hydrogens (tertiary/aromatic N) is 6. The zero-order valence-corrected chi connectivity index (χ0v) is 50.1. The second-order valence-corrected chi connectivity index (χ2v) is 22.0. The molecule has 0 saturated carbocycles. The molecule has 89 heavy (non-hydrogen) atoms. The van der Waals surface area contributed by atoms with Gasteiger partial charge in [-0.2, -0.15) is 12.1 Å². The van der Waals surface area contributed by atoms with Crippen LogP contribution in [0, 0.1) is 32.3 Å². The number of hydrogen-bond acceptors (Lipinski definition) is 3. The summed E-state index contributed by atoms with van der Waals surface area (Å²) in [6.45, 7) is 4.41. The summed E-state index contributed by atoms with van der Waals surface area (Å²) in [5, 5.41) is 3.99. The van der Waals surface area contributed by atoms with E-state index in [9.17, 15) is 5.48 Å². The van der Waals surface area contributed by atoms with Crippen LogP contribution in [0.4, 0.5) is 17.1 Å². The number of benzene rings is 12. The summed E-state index contributed by atoms with van der Waals surface area (Å²) < 4.78 is 104. The summed E-state index contributed by atoms with van der Waals surface area (Å²) in [6, 6.07) is 74.9. The van der Waals surface area contributed by atoms with E-state index in [0.29, 0.717) is 45.2 Å². The molecular weight excluding hydrogens is 1270 g/mol. The van der Waals surface area contributed by atoms with Crippen molar-refractivity contribution in [2.75, 3.05) is 4.90 Å². The second kappa shape index (κ2) is 21.9. The van der Waals surface area contributed by atoms with E-state index in [0.717, 1.165) is 55.2 Å². The normalized spacial score (nSPS) is 13.6. The van der Waals surface area contributed by atoms with Gasteiger partial charge in [0.1, 0.15) is 5.82 Å². The first kappa shape index (κ1) is 43.8. The van der Waals surface area contributed by atoms with Crippen LogP contribution >= 0.6 is 0 Å². The van der Waals surface area contributed by atoms with Gasteiger partial charge < -0.3 is 23.3 Å². The quantitative estimate of drug-likeness (QED) is 0.0779. The van der Waals surface area contributed by atoms with Crippen LogP contribution in [0.1, 0.15) is 24.8 Å². The minimum atomic E-state index is -0.584. The van der Waals surface area contributed by atoms with E-state index in [1.165, 1.54) is 27.5 Å². The van der Waals surface area contributed by atoms with Crippen molar-refractivity contribution < 1.29 is 44.1 Å². The molecule has 9 heteroatoms. The molecule has 12 aromatic carbocycles. The van der Waals surface area contributed by atoms with Crippen molar-refractivity contribution in [1.82, 2.24) is 18.7 Å². The van der Waals surface area contributed by atoms with Crippen molar-refractivity contribution in [3.8, 4) is 56.6 Å². The van der Waals surface area contributed by atoms with Crippen molar-refractivity contribution in [1.29, 1.82) is 0 Å². The molecule has 7 nitrogen and oxygen atoms in total. The van der Waals surface area contributed by atoms with Gasteiger partial charge in [0.15, 0.2) is 0 Å². The molecule has 0 spiro atoms. The molecule has 0 radical (unpaired) electrons. The Hall–Kier alpha value is -10.8. The van der Waals surface area contributed by atoms with E-state index in [1.54, 1.807) is 27.3 Å². The Labute approximate surface area is 544 Å². The zero-order chi connectivity index (χ0) is 67.1. The number of ether oxygens (including phenoxy) is 1. The van der Waals surface area contributed by atoms with Crippen LogP contribution in [-0.4, -0.2) is 25.4 Å². The van der Waals surface area contributed by atoms with E-state index in [-0.39, 0.29) is 55.7 Å².